The van der Waals surface area contributed by atoms with Gasteiger partial charge in [-0.1, -0.05) is 37.3 Å². The van der Waals surface area contributed by atoms with Crippen molar-refractivity contribution < 1.29 is 4.79 Å². The van der Waals surface area contributed by atoms with E-state index in [0.29, 0.717) is 5.92 Å². The molecule has 5 heteroatoms. The van der Waals surface area contributed by atoms with E-state index in [0.717, 1.165) is 47.9 Å². The molecule has 1 aliphatic rings. The highest BCUT2D eigenvalue weighted by Gasteiger charge is 2.30. The fourth-order valence-corrected chi connectivity index (χ4v) is 4.14. The van der Waals surface area contributed by atoms with Crippen LogP contribution in [0, 0.1) is 6.92 Å². The van der Waals surface area contributed by atoms with E-state index < -0.39 is 0 Å². The van der Waals surface area contributed by atoms with Gasteiger partial charge in [-0.25, -0.2) is 0 Å². The molecule has 2 unspecified atom stereocenters. The van der Waals surface area contributed by atoms with Gasteiger partial charge in [-0.3, -0.25) is 4.79 Å². The Balaban J connectivity index is 1.73. The monoisotopic (exact) mass is 329 g/mol. The Bertz CT molecular complexity index is 655. The highest BCUT2D eigenvalue weighted by atomic mass is 32.1. The molecule has 122 valence electrons. The number of carbonyl (C=O) groups is 1. The molecular weight excluding hydrogens is 306 g/mol. The van der Waals surface area contributed by atoms with Crippen molar-refractivity contribution in [2.75, 3.05) is 13.1 Å². The fraction of sp³-hybridized carbons (Fsp3) is 0.500. The van der Waals surface area contributed by atoms with Crippen LogP contribution in [-0.4, -0.2) is 34.1 Å². The molecule has 1 aliphatic heterocycles. The summed E-state index contributed by atoms with van der Waals surface area (Å²) in [7, 11) is 0. The Hall–Kier alpha value is -1.75. The van der Waals surface area contributed by atoms with Gasteiger partial charge in [-0.2, -0.15) is 0 Å². The Morgan fingerprint density at radius 2 is 2.13 bits per heavy atom. The summed E-state index contributed by atoms with van der Waals surface area (Å²) in [6, 6.07) is 10.1. The minimum atomic E-state index is -0.0360. The summed E-state index contributed by atoms with van der Waals surface area (Å²) in [6.07, 6.45) is 2.97. The third kappa shape index (κ3) is 3.61. The minimum absolute atomic E-state index is 0.0360. The first kappa shape index (κ1) is 16.1. The number of nitrogens with zero attached hydrogens (tertiary/aromatic N) is 3. The molecule has 1 saturated heterocycles. The van der Waals surface area contributed by atoms with Gasteiger partial charge in [-0.15, -0.1) is 21.5 Å². The lowest BCUT2D eigenvalue weighted by Crippen LogP contribution is -2.41. The van der Waals surface area contributed by atoms with E-state index in [1.54, 1.807) is 11.3 Å². The van der Waals surface area contributed by atoms with Crippen LogP contribution in [-0.2, 0) is 4.79 Å². The summed E-state index contributed by atoms with van der Waals surface area (Å²) in [5.41, 5.74) is 1.12. The van der Waals surface area contributed by atoms with Crippen molar-refractivity contribution in [3.05, 3.63) is 45.9 Å². The van der Waals surface area contributed by atoms with Gasteiger partial charge in [0.15, 0.2) is 0 Å². The first-order valence-electron chi connectivity index (χ1n) is 8.32. The van der Waals surface area contributed by atoms with Crippen LogP contribution in [0.25, 0.3) is 0 Å². The largest absolute Gasteiger partial charge is 0.341 e. The van der Waals surface area contributed by atoms with E-state index in [1.165, 1.54) is 0 Å². The van der Waals surface area contributed by atoms with Crippen molar-refractivity contribution in [3.63, 3.8) is 0 Å². The third-order valence-corrected chi connectivity index (χ3v) is 5.53. The number of hydrogen-bond acceptors (Lipinski definition) is 4. The van der Waals surface area contributed by atoms with E-state index >= 15 is 0 Å². The van der Waals surface area contributed by atoms with Crippen molar-refractivity contribution in [3.8, 4) is 0 Å². The number of aryl methyl sites for hydroxylation is 1. The van der Waals surface area contributed by atoms with Gasteiger partial charge < -0.3 is 4.90 Å². The molecule has 4 nitrogen and oxygen atoms in total. The summed E-state index contributed by atoms with van der Waals surface area (Å²) in [5.74, 6) is 0.558. The van der Waals surface area contributed by atoms with Crippen molar-refractivity contribution >= 4 is 17.2 Å². The summed E-state index contributed by atoms with van der Waals surface area (Å²) in [6.45, 7) is 5.70. The third-order valence-electron chi connectivity index (χ3n) is 4.53. The van der Waals surface area contributed by atoms with E-state index in [9.17, 15) is 4.79 Å². The van der Waals surface area contributed by atoms with Crippen LogP contribution in [0.4, 0.5) is 0 Å². The van der Waals surface area contributed by atoms with Crippen LogP contribution in [0.15, 0.2) is 30.3 Å². The zero-order valence-corrected chi connectivity index (χ0v) is 14.6. The summed E-state index contributed by atoms with van der Waals surface area (Å²) in [4.78, 5) is 15.0. The number of hydrogen-bond donors (Lipinski definition) is 0. The van der Waals surface area contributed by atoms with Gasteiger partial charge in [0.25, 0.3) is 0 Å². The SMILES string of the molecule is CCC(C(=O)N1CCCC(c2nnc(C)s2)C1)c1ccccc1. The lowest BCUT2D eigenvalue weighted by molar-refractivity contribution is -0.134. The predicted molar refractivity (Wildman–Crippen MR) is 92.7 cm³/mol. The Morgan fingerprint density at radius 3 is 2.78 bits per heavy atom. The molecule has 0 bridgehead atoms. The summed E-state index contributed by atoms with van der Waals surface area (Å²) >= 11 is 1.66. The normalized spacial score (nSPS) is 19.6. The first-order valence-corrected chi connectivity index (χ1v) is 9.14. The number of carbonyl (C=O) groups excluding carboxylic acids is 1. The highest BCUT2D eigenvalue weighted by Crippen LogP contribution is 2.31. The van der Waals surface area contributed by atoms with Gasteiger partial charge >= 0.3 is 0 Å². The number of aromatic nitrogens is 2. The summed E-state index contributed by atoms with van der Waals surface area (Å²) < 4.78 is 0. The van der Waals surface area contributed by atoms with Crippen LogP contribution >= 0.6 is 11.3 Å². The Labute approximate surface area is 141 Å². The molecule has 2 aromatic rings. The average molecular weight is 329 g/mol. The van der Waals surface area contributed by atoms with Gasteiger partial charge in [-0.05, 0) is 31.7 Å². The molecule has 1 aromatic carbocycles. The second-order valence-corrected chi connectivity index (χ2v) is 7.37. The fourth-order valence-electron chi connectivity index (χ4n) is 3.31. The van der Waals surface area contributed by atoms with Crippen molar-refractivity contribution in [1.82, 2.24) is 15.1 Å². The molecule has 0 spiro atoms. The quantitative estimate of drug-likeness (QED) is 0.858. The zero-order valence-electron chi connectivity index (χ0n) is 13.7. The Morgan fingerprint density at radius 1 is 1.35 bits per heavy atom. The number of piperidine rings is 1. The van der Waals surface area contributed by atoms with Crippen LogP contribution in [0.3, 0.4) is 0 Å². The maximum absolute atomic E-state index is 13.0. The topological polar surface area (TPSA) is 46.1 Å². The van der Waals surface area contributed by atoms with E-state index in [1.807, 2.05) is 30.0 Å². The lowest BCUT2D eigenvalue weighted by atomic mass is 9.92. The minimum Gasteiger partial charge on any atom is -0.341 e. The lowest BCUT2D eigenvalue weighted by Gasteiger charge is -2.34. The van der Waals surface area contributed by atoms with Crippen LogP contribution in [0.2, 0.25) is 0 Å². The molecule has 0 aliphatic carbocycles. The molecule has 2 heterocycles. The highest BCUT2D eigenvalue weighted by molar-refractivity contribution is 7.11. The van der Waals surface area contributed by atoms with Gasteiger partial charge in [0.1, 0.15) is 10.0 Å². The molecule has 3 rings (SSSR count). The first-order chi connectivity index (χ1) is 11.2. The average Bonchev–Trinajstić information content (AvgIpc) is 3.03. The molecule has 1 aromatic heterocycles. The van der Waals surface area contributed by atoms with Crippen molar-refractivity contribution in [1.29, 1.82) is 0 Å². The van der Waals surface area contributed by atoms with Crippen LogP contribution in [0.1, 0.15) is 53.6 Å². The maximum atomic E-state index is 13.0. The molecule has 0 radical (unpaired) electrons. The molecule has 1 fully saturated rings. The zero-order chi connectivity index (χ0) is 16.2. The summed E-state index contributed by atoms with van der Waals surface area (Å²) in [5, 5.41) is 10.5. The second-order valence-electron chi connectivity index (χ2n) is 6.15. The number of amides is 1. The van der Waals surface area contributed by atoms with E-state index in [-0.39, 0.29) is 11.8 Å². The predicted octanol–water partition coefficient (Wildman–Crippen LogP) is 3.75. The van der Waals surface area contributed by atoms with E-state index in [2.05, 4.69) is 29.3 Å². The molecular formula is C18H23N3OS. The molecule has 23 heavy (non-hydrogen) atoms. The smallest absolute Gasteiger partial charge is 0.230 e. The number of rotatable bonds is 4. The molecule has 2 atom stereocenters. The number of likely N-dealkylation sites (tertiary alicyclic amines) is 1. The van der Waals surface area contributed by atoms with Crippen LogP contribution in [0.5, 0.6) is 0 Å². The maximum Gasteiger partial charge on any atom is 0.230 e. The van der Waals surface area contributed by atoms with Gasteiger partial charge in [0.2, 0.25) is 5.91 Å². The molecule has 1 amide bonds. The van der Waals surface area contributed by atoms with Gasteiger partial charge in [0, 0.05) is 19.0 Å². The number of benzene rings is 1. The van der Waals surface area contributed by atoms with E-state index in [4.69, 9.17) is 0 Å². The Kier molecular flexibility index (Phi) is 5.06. The van der Waals surface area contributed by atoms with Crippen molar-refractivity contribution in [2.45, 2.75) is 44.9 Å². The van der Waals surface area contributed by atoms with Crippen molar-refractivity contribution in [2.24, 2.45) is 0 Å². The molecule has 0 N–H and O–H groups in total. The van der Waals surface area contributed by atoms with Gasteiger partial charge in [0.05, 0.1) is 5.92 Å². The second kappa shape index (κ2) is 7.21. The van der Waals surface area contributed by atoms with Crippen LogP contribution < -0.4 is 0 Å². The molecule has 0 saturated carbocycles. The standard InChI is InChI=1S/C18H23N3OS/c1-3-16(14-8-5-4-6-9-14)18(22)21-11-7-10-15(12-21)17-20-19-13(2)23-17/h4-6,8-9,15-16H,3,7,10-12H2,1-2H3.